The number of nitrogens with zero attached hydrogens (tertiary/aromatic N) is 3. The number of aromatic nitrogens is 1. The Labute approximate surface area is 157 Å². The van der Waals surface area contributed by atoms with Crippen molar-refractivity contribution in [2.24, 2.45) is 0 Å². The molecule has 1 aliphatic heterocycles. The Morgan fingerprint density at radius 2 is 1.70 bits per heavy atom. The zero-order chi connectivity index (χ0) is 19.6. The average Bonchev–Trinajstić information content (AvgIpc) is 2.67. The molecule has 1 aliphatic rings. The molecule has 0 bridgehead atoms. The van der Waals surface area contributed by atoms with Crippen molar-refractivity contribution in [3.8, 4) is 0 Å². The molecular formula is C18H19N3O5S. The maximum atomic E-state index is 12.7. The van der Waals surface area contributed by atoms with E-state index in [0.717, 1.165) is 6.26 Å². The number of anilines is 1. The Bertz CT molecular complexity index is 982. The molecule has 8 nitrogen and oxygen atoms in total. The molecule has 0 radical (unpaired) electrons. The predicted octanol–water partition coefficient (Wildman–Crippen LogP) is 1.15. The van der Waals surface area contributed by atoms with Crippen molar-refractivity contribution in [3.05, 3.63) is 53.7 Å². The number of hydrogen-bond acceptors (Lipinski definition) is 6. The van der Waals surface area contributed by atoms with Crippen LogP contribution in [0.5, 0.6) is 0 Å². The van der Waals surface area contributed by atoms with Gasteiger partial charge in [0.15, 0.2) is 15.5 Å². The van der Waals surface area contributed by atoms with Gasteiger partial charge in [0.05, 0.1) is 4.90 Å². The lowest BCUT2D eigenvalue weighted by Crippen LogP contribution is -2.49. The summed E-state index contributed by atoms with van der Waals surface area (Å²) < 4.78 is 23.4. The number of sulfone groups is 1. The van der Waals surface area contributed by atoms with E-state index in [1.165, 1.54) is 18.2 Å². The van der Waals surface area contributed by atoms with Crippen molar-refractivity contribution in [1.82, 2.24) is 9.88 Å². The normalized spacial score (nSPS) is 14.9. The summed E-state index contributed by atoms with van der Waals surface area (Å²) in [6, 6.07) is 10.8. The zero-order valence-electron chi connectivity index (χ0n) is 14.7. The van der Waals surface area contributed by atoms with Crippen LogP contribution in [0.2, 0.25) is 0 Å². The lowest BCUT2D eigenvalue weighted by atomic mass is 10.2. The zero-order valence-corrected chi connectivity index (χ0v) is 15.5. The predicted molar refractivity (Wildman–Crippen MR) is 98.9 cm³/mol. The quantitative estimate of drug-likeness (QED) is 0.835. The second-order valence-electron chi connectivity index (χ2n) is 6.27. The lowest BCUT2D eigenvalue weighted by Gasteiger charge is -2.35. The van der Waals surface area contributed by atoms with Crippen molar-refractivity contribution in [1.29, 1.82) is 0 Å². The van der Waals surface area contributed by atoms with Crippen LogP contribution >= 0.6 is 0 Å². The maximum absolute atomic E-state index is 12.7. The van der Waals surface area contributed by atoms with Crippen LogP contribution in [0, 0.1) is 0 Å². The summed E-state index contributed by atoms with van der Waals surface area (Å²) in [6.07, 6.45) is 1.10. The van der Waals surface area contributed by atoms with Gasteiger partial charge in [0, 0.05) is 38.0 Å². The van der Waals surface area contributed by atoms with Crippen molar-refractivity contribution in [3.63, 3.8) is 0 Å². The van der Waals surface area contributed by atoms with Gasteiger partial charge in [-0.25, -0.2) is 18.2 Å². The number of benzene rings is 1. The van der Waals surface area contributed by atoms with E-state index in [1.807, 2.05) is 4.90 Å². The van der Waals surface area contributed by atoms with Crippen molar-refractivity contribution in [2.75, 3.05) is 37.3 Å². The van der Waals surface area contributed by atoms with Crippen molar-refractivity contribution < 1.29 is 23.1 Å². The minimum atomic E-state index is -3.38. The molecule has 1 fully saturated rings. The van der Waals surface area contributed by atoms with Crippen molar-refractivity contribution >= 4 is 27.5 Å². The van der Waals surface area contributed by atoms with Gasteiger partial charge in [-0.15, -0.1) is 0 Å². The third kappa shape index (κ3) is 4.25. The largest absolute Gasteiger partial charge is 0.477 e. The first-order valence-corrected chi connectivity index (χ1v) is 10.2. The number of pyridine rings is 1. The van der Waals surface area contributed by atoms with Gasteiger partial charge in [-0.2, -0.15) is 0 Å². The molecule has 27 heavy (non-hydrogen) atoms. The molecule has 2 aromatic rings. The Morgan fingerprint density at radius 1 is 1.04 bits per heavy atom. The topological polar surface area (TPSA) is 108 Å². The Kier molecular flexibility index (Phi) is 5.13. The molecule has 142 valence electrons. The molecule has 2 heterocycles. The highest BCUT2D eigenvalue weighted by Gasteiger charge is 2.24. The van der Waals surface area contributed by atoms with Crippen LogP contribution in [0.1, 0.15) is 20.8 Å². The van der Waals surface area contributed by atoms with Gasteiger partial charge >= 0.3 is 5.97 Å². The molecule has 0 aliphatic carbocycles. The van der Waals surface area contributed by atoms with Gasteiger partial charge in [-0.3, -0.25) is 4.79 Å². The summed E-state index contributed by atoms with van der Waals surface area (Å²) in [5.74, 6) is -0.759. The van der Waals surface area contributed by atoms with Crippen LogP contribution in [0.15, 0.2) is 47.4 Å². The number of carbonyl (C=O) groups excluding carboxylic acids is 1. The lowest BCUT2D eigenvalue weighted by molar-refractivity contribution is 0.0690. The summed E-state index contributed by atoms with van der Waals surface area (Å²) in [7, 11) is -3.38. The Balaban J connectivity index is 1.70. The van der Waals surface area contributed by atoms with Crippen LogP contribution in [-0.4, -0.2) is 67.7 Å². The van der Waals surface area contributed by atoms with E-state index in [9.17, 15) is 18.0 Å². The van der Waals surface area contributed by atoms with E-state index in [-0.39, 0.29) is 16.5 Å². The molecular weight excluding hydrogens is 370 g/mol. The van der Waals surface area contributed by atoms with Crippen LogP contribution < -0.4 is 4.90 Å². The summed E-state index contributed by atoms with van der Waals surface area (Å²) in [4.78, 5) is 31.5. The van der Waals surface area contributed by atoms with E-state index < -0.39 is 15.8 Å². The second-order valence-corrected chi connectivity index (χ2v) is 8.28. The smallest absolute Gasteiger partial charge is 0.354 e. The molecule has 1 amide bonds. The first kappa shape index (κ1) is 18.8. The summed E-state index contributed by atoms with van der Waals surface area (Å²) in [6.45, 7) is 1.88. The molecule has 0 unspecified atom stereocenters. The standard InChI is InChI=1S/C18H19N3O5S/c1-27(25,26)14-5-2-4-13(12-14)17(22)21-10-8-20(9-11-21)16-7-3-6-15(19-16)18(23)24/h2-7,12H,8-11H2,1H3,(H,23,24). The molecule has 9 heteroatoms. The number of hydrogen-bond donors (Lipinski definition) is 1. The minimum absolute atomic E-state index is 0.0244. The molecule has 1 aromatic heterocycles. The van der Waals surface area contributed by atoms with Gasteiger partial charge in [0.25, 0.3) is 5.91 Å². The van der Waals surface area contributed by atoms with E-state index >= 15 is 0 Å². The number of aromatic carboxylic acids is 1. The van der Waals surface area contributed by atoms with Crippen LogP contribution in [-0.2, 0) is 9.84 Å². The fraction of sp³-hybridized carbons (Fsp3) is 0.278. The number of carbonyl (C=O) groups is 2. The average molecular weight is 389 g/mol. The number of carboxylic acids is 1. The van der Waals surface area contributed by atoms with Crippen LogP contribution in [0.4, 0.5) is 5.82 Å². The van der Waals surface area contributed by atoms with E-state index in [4.69, 9.17) is 5.11 Å². The molecule has 1 N–H and O–H groups in total. The Morgan fingerprint density at radius 3 is 2.33 bits per heavy atom. The first-order valence-electron chi connectivity index (χ1n) is 8.30. The fourth-order valence-electron chi connectivity index (χ4n) is 2.90. The highest BCUT2D eigenvalue weighted by atomic mass is 32.2. The maximum Gasteiger partial charge on any atom is 0.354 e. The molecule has 0 spiro atoms. The Hall–Kier alpha value is -2.94. The fourth-order valence-corrected chi connectivity index (χ4v) is 3.57. The van der Waals surface area contributed by atoms with E-state index in [1.54, 1.807) is 29.2 Å². The second kappa shape index (κ2) is 7.36. The number of rotatable bonds is 4. The third-order valence-corrected chi connectivity index (χ3v) is 5.46. The summed E-state index contributed by atoms with van der Waals surface area (Å²) >= 11 is 0. The van der Waals surface area contributed by atoms with Crippen LogP contribution in [0.25, 0.3) is 0 Å². The summed E-state index contributed by atoms with van der Waals surface area (Å²) in [5.41, 5.74) is 0.306. The minimum Gasteiger partial charge on any atom is -0.477 e. The summed E-state index contributed by atoms with van der Waals surface area (Å²) in [5, 5.41) is 9.05. The third-order valence-electron chi connectivity index (χ3n) is 4.35. The number of carboxylic acid groups (broad SMARTS) is 1. The number of piperazine rings is 1. The first-order chi connectivity index (χ1) is 12.8. The number of amides is 1. The van der Waals surface area contributed by atoms with Gasteiger partial charge in [0.2, 0.25) is 0 Å². The highest BCUT2D eigenvalue weighted by molar-refractivity contribution is 7.90. The molecule has 3 rings (SSSR count). The van der Waals surface area contributed by atoms with Crippen molar-refractivity contribution in [2.45, 2.75) is 4.90 Å². The van der Waals surface area contributed by atoms with Gasteiger partial charge < -0.3 is 14.9 Å². The molecule has 0 atom stereocenters. The van der Waals surface area contributed by atoms with Crippen LogP contribution in [0.3, 0.4) is 0 Å². The van der Waals surface area contributed by atoms with Gasteiger partial charge in [-0.1, -0.05) is 12.1 Å². The molecule has 1 saturated heterocycles. The SMILES string of the molecule is CS(=O)(=O)c1cccc(C(=O)N2CCN(c3cccc(C(=O)O)n3)CC2)c1. The highest BCUT2D eigenvalue weighted by Crippen LogP contribution is 2.17. The van der Waals surface area contributed by atoms with E-state index in [2.05, 4.69) is 4.98 Å². The van der Waals surface area contributed by atoms with Gasteiger partial charge in [-0.05, 0) is 30.3 Å². The molecule has 1 aromatic carbocycles. The van der Waals surface area contributed by atoms with Gasteiger partial charge in [0.1, 0.15) is 5.82 Å². The molecule has 0 saturated carbocycles. The van der Waals surface area contributed by atoms with E-state index in [0.29, 0.717) is 37.6 Å². The monoisotopic (exact) mass is 389 g/mol.